The Labute approximate surface area is 166 Å². The zero-order chi connectivity index (χ0) is 19.9. The summed E-state index contributed by atoms with van der Waals surface area (Å²) in [7, 11) is 0. The van der Waals surface area contributed by atoms with E-state index in [1.54, 1.807) is 11.8 Å². The Morgan fingerprint density at radius 1 is 1.00 bits per heavy atom. The number of carbonyl (C=O) groups is 2. The van der Waals surface area contributed by atoms with E-state index in [1.807, 2.05) is 81.4 Å². The first-order valence-corrected chi connectivity index (χ1v) is 10.1. The second-order valence-corrected chi connectivity index (χ2v) is 8.57. The zero-order valence-corrected chi connectivity index (χ0v) is 17.3. The van der Waals surface area contributed by atoms with E-state index in [0.717, 1.165) is 10.5 Å². The van der Waals surface area contributed by atoms with Crippen molar-refractivity contribution in [2.75, 3.05) is 5.75 Å². The van der Waals surface area contributed by atoms with E-state index in [0.29, 0.717) is 12.3 Å². The van der Waals surface area contributed by atoms with Crippen LogP contribution in [-0.2, 0) is 16.1 Å². The number of thioether (sulfide) groups is 1. The molecule has 0 spiro atoms. The number of nitrogens with one attached hydrogen (secondary N) is 1. The molecule has 5 heteroatoms. The Kier molecular flexibility index (Phi) is 7.48. The molecule has 0 bridgehead atoms. The van der Waals surface area contributed by atoms with Gasteiger partial charge in [0.2, 0.25) is 11.8 Å². The number of hydrogen-bond donors (Lipinski definition) is 1. The largest absolute Gasteiger partial charge is 0.350 e. The molecule has 1 N–H and O–H groups in total. The van der Waals surface area contributed by atoms with Crippen LogP contribution >= 0.6 is 11.8 Å². The molecular formula is C22H28N2O2S. The highest BCUT2D eigenvalue weighted by molar-refractivity contribution is 8.00. The van der Waals surface area contributed by atoms with Gasteiger partial charge in [-0.2, -0.15) is 0 Å². The molecule has 1 unspecified atom stereocenters. The van der Waals surface area contributed by atoms with Gasteiger partial charge in [0.15, 0.2) is 0 Å². The summed E-state index contributed by atoms with van der Waals surface area (Å²) in [5, 5.41) is 2.97. The Bertz CT molecular complexity index is 742. The summed E-state index contributed by atoms with van der Waals surface area (Å²) < 4.78 is 0. The smallest absolute Gasteiger partial charge is 0.242 e. The van der Waals surface area contributed by atoms with Crippen LogP contribution in [0.1, 0.15) is 33.3 Å². The maximum atomic E-state index is 13.0. The van der Waals surface area contributed by atoms with E-state index in [2.05, 4.69) is 5.32 Å². The van der Waals surface area contributed by atoms with Crippen LogP contribution in [0.15, 0.2) is 65.6 Å². The molecular weight excluding hydrogens is 356 g/mol. The molecule has 4 nitrogen and oxygen atoms in total. The number of amides is 2. The van der Waals surface area contributed by atoms with Gasteiger partial charge in [-0.15, -0.1) is 11.8 Å². The predicted octanol–water partition coefficient (Wildman–Crippen LogP) is 4.11. The van der Waals surface area contributed by atoms with Gasteiger partial charge in [-0.3, -0.25) is 9.59 Å². The predicted molar refractivity (Wildman–Crippen MR) is 112 cm³/mol. The number of nitrogens with zero attached hydrogens (tertiary/aromatic N) is 1. The Morgan fingerprint density at radius 3 is 2.11 bits per heavy atom. The third kappa shape index (κ3) is 7.10. The van der Waals surface area contributed by atoms with Gasteiger partial charge >= 0.3 is 0 Å². The maximum Gasteiger partial charge on any atom is 0.242 e. The number of rotatable bonds is 7. The summed E-state index contributed by atoms with van der Waals surface area (Å²) in [4.78, 5) is 28.3. The van der Waals surface area contributed by atoms with Crippen LogP contribution in [0.4, 0.5) is 0 Å². The number of benzene rings is 2. The summed E-state index contributed by atoms with van der Waals surface area (Å²) in [6.45, 7) is 8.01. The molecule has 144 valence electrons. The van der Waals surface area contributed by atoms with Crippen LogP contribution in [0.3, 0.4) is 0 Å². The van der Waals surface area contributed by atoms with Crippen molar-refractivity contribution < 1.29 is 9.59 Å². The fourth-order valence-electron chi connectivity index (χ4n) is 2.58. The lowest BCUT2D eigenvalue weighted by Gasteiger charge is -2.31. The average molecular weight is 385 g/mol. The average Bonchev–Trinajstić information content (AvgIpc) is 2.64. The maximum absolute atomic E-state index is 13.0. The van der Waals surface area contributed by atoms with Gasteiger partial charge in [0.1, 0.15) is 6.04 Å². The minimum Gasteiger partial charge on any atom is -0.350 e. The molecule has 0 heterocycles. The Hall–Kier alpha value is -2.27. The highest BCUT2D eigenvalue weighted by Crippen LogP contribution is 2.19. The van der Waals surface area contributed by atoms with Gasteiger partial charge in [0.05, 0.1) is 5.75 Å². The van der Waals surface area contributed by atoms with Crippen molar-refractivity contribution in [2.24, 2.45) is 0 Å². The summed E-state index contributed by atoms with van der Waals surface area (Å²) in [5.74, 6) is 0.102. The van der Waals surface area contributed by atoms with E-state index in [9.17, 15) is 9.59 Å². The Morgan fingerprint density at radius 2 is 1.56 bits per heavy atom. The summed E-state index contributed by atoms with van der Waals surface area (Å²) >= 11 is 1.49. The number of carbonyl (C=O) groups excluding carboxylic acids is 2. The van der Waals surface area contributed by atoms with Gasteiger partial charge in [-0.1, -0.05) is 48.5 Å². The molecule has 27 heavy (non-hydrogen) atoms. The quantitative estimate of drug-likeness (QED) is 0.731. The zero-order valence-electron chi connectivity index (χ0n) is 16.4. The third-order valence-electron chi connectivity index (χ3n) is 3.97. The molecule has 0 radical (unpaired) electrons. The molecule has 2 aromatic carbocycles. The van der Waals surface area contributed by atoms with Crippen molar-refractivity contribution in [1.82, 2.24) is 10.2 Å². The van der Waals surface area contributed by atoms with Crippen molar-refractivity contribution in [3.05, 3.63) is 66.2 Å². The fourth-order valence-corrected chi connectivity index (χ4v) is 3.39. The molecule has 0 fully saturated rings. The molecule has 0 saturated heterocycles. The van der Waals surface area contributed by atoms with Gasteiger partial charge in [-0.05, 0) is 45.4 Å². The van der Waals surface area contributed by atoms with E-state index < -0.39 is 6.04 Å². The third-order valence-corrected chi connectivity index (χ3v) is 4.96. The molecule has 0 aliphatic rings. The van der Waals surface area contributed by atoms with Crippen LogP contribution in [0.25, 0.3) is 0 Å². The fraction of sp³-hybridized carbons (Fsp3) is 0.364. The second-order valence-electron chi connectivity index (χ2n) is 7.52. The normalized spacial score (nSPS) is 12.3. The van der Waals surface area contributed by atoms with Crippen molar-refractivity contribution in [3.8, 4) is 0 Å². The van der Waals surface area contributed by atoms with Gasteiger partial charge < -0.3 is 10.2 Å². The minimum atomic E-state index is -0.548. The van der Waals surface area contributed by atoms with E-state index >= 15 is 0 Å². The molecule has 0 saturated carbocycles. The SMILES string of the molecule is CC(C(=O)NC(C)(C)C)N(Cc1ccccc1)C(=O)CSc1ccccc1. The van der Waals surface area contributed by atoms with Crippen LogP contribution in [0.2, 0.25) is 0 Å². The lowest BCUT2D eigenvalue weighted by atomic mass is 10.1. The van der Waals surface area contributed by atoms with Crippen molar-refractivity contribution in [3.63, 3.8) is 0 Å². The van der Waals surface area contributed by atoms with Gasteiger partial charge in [0.25, 0.3) is 0 Å². The minimum absolute atomic E-state index is 0.0516. The Balaban J connectivity index is 2.12. The van der Waals surface area contributed by atoms with Crippen molar-refractivity contribution in [1.29, 1.82) is 0 Å². The van der Waals surface area contributed by atoms with E-state index in [4.69, 9.17) is 0 Å². The van der Waals surface area contributed by atoms with Crippen LogP contribution in [0.5, 0.6) is 0 Å². The second kappa shape index (κ2) is 9.60. The van der Waals surface area contributed by atoms with E-state index in [1.165, 1.54) is 11.8 Å². The topological polar surface area (TPSA) is 49.4 Å². The summed E-state index contributed by atoms with van der Waals surface area (Å²) in [6.07, 6.45) is 0. The molecule has 2 amide bonds. The molecule has 1 atom stereocenters. The monoisotopic (exact) mass is 384 g/mol. The first-order valence-electron chi connectivity index (χ1n) is 9.09. The van der Waals surface area contributed by atoms with Gasteiger partial charge in [0, 0.05) is 17.0 Å². The highest BCUT2D eigenvalue weighted by atomic mass is 32.2. The lowest BCUT2D eigenvalue weighted by molar-refractivity contribution is -0.139. The van der Waals surface area contributed by atoms with Gasteiger partial charge in [-0.25, -0.2) is 0 Å². The van der Waals surface area contributed by atoms with Crippen molar-refractivity contribution >= 4 is 23.6 Å². The van der Waals surface area contributed by atoms with Crippen LogP contribution < -0.4 is 5.32 Å². The molecule has 2 rings (SSSR count). The lowest BCUT2D eigenvalue weighted by Crippen LogP contribution is -2.52. The molecule has 2 aromatic rings. The molecule has 0 aliphatic carbocycles. The standard InChI is InChI=1S/C22H28N2O2S/c1-17(21(26)23-22(2,3)4)24(15-18-11-7-5-8-12-18)20(25)16-27-19-13-9-6-10-14-19/h5-14,17H,15-16H2,1-4H3,(H,23,26). The first-order chi connectivity index (χ1) is 12.8. The molecule has 0 aromatic heterocycles. The highest BCUT2D eigenvalue weighted by Gasteiger charge is 2.28. The van der Waals surface area contributed by atoms with Crippen LogP contribution in [0, 0.1) is 0 Å². The van der Waals surface area contributed by atoms with Crippen molar-refractivity contribution in [2.45, 2.75) is 50.7 Å². The first kappa shape index (κ1) is 21.0. The molecule has 0 aliphatic heterocycles. The number of hydrogen-bond acceptors (Lipinski definition) is 3. The summed E-state index contributed by atoms with van der Waals surface area (Å²) in [5.41, 5.74) is 0.664. The van der Waals surface area contributed by atoms with E-state index in [-0.39, 0.29) is 17.4 Å². The van der Waals surface area contributed by atoms with Crippen LogP contribution in [-0.4, -0.2) is 34.0 Å². The summed E-state index contributed by atoms with van der Waals surface area (Å²) in [6, 6.07) is 19.0.